The molecule has 4 rings (SSSR count). The van der Waals surface area contributed by atoms with Crippen LogP contribution in [0.5, 0.6) is 0 Å². The maximum Gasteiger partial charge on any atom is 0.364 e. The van der Waals surface area contributed by atoms with E-state index in [0.29, 0.717) is 23.6 Å². The summed E-state index contributed by atoms with van der Waals surface area (Å²) in [5.41, 5.74) is 3.14. The van der Waals surface area contributed by atoms with Gasteiger partial charge < -0.3 is 0 Å². The minimum Gasteiger partial charge on any atom is -0.267 e. The van der Waals surface area contributed by atoms with Crippen LogP contribution in [-0.4, -0.2) is 20.7 Å². The van der Waals surface area contributed by atoms with E-state index in [1.54, 1.807) is 11.6 Å². The van der Waals surface area contributed by atoms with Crippen molar-refractivity contribution < 1.29 is 4.57 Å². The molecule has 166 valence electrons. The van der Waals surface area contributed by atoms with Crippen LogP contribution in [-0.2, 0) is 26.6 Å². The predicted octanol–water partition coefficient (Wildman–Crippen LogP) is 3.25. The number of aromatic nitrogens is 4. The number of rotatable bonds is 7. The molecule has 3 aromatic rings. The number of hydrogen-bond donors (Lipinski definition) is 1. The van der Waals surface area contributed by atoms with Crippen molar-refractivity contribution in [2.24, 2.45) is 13.0 Å². The van der Waals surface area contributed by atoms with Crippen LogP contribution in [0, 0.1) is 5.92 Å². The first-order valence-corrected chi connectivity index (χ1v) is 11.6. The lowest BCUT2D eigenvalue weighted by Gasteiger charge is -2.26. The molecule has 1 aromatic carbocycles. The summed E-state index contributed by atoms with van der Waals surface area (Å²) in [6.45, 7) is 8.59. The van der Waals surface area contributed by atoms with Gasteiger partial charge in [-0.25, -0.2) is 19.2 Å². The molecule has 0 unspecified atom stereocenters. The highest BCUT2D eigenvalue weighted by Crippen LogP contribution is 2.28. The zero-order valence-electron chi connectivity index (χ0n) is 19.1. The van der Waals surface area contributed by atoms with Gasteiger partial charge >= 0.3 is 11.6 Å². The SMILES string of the molecule is CCCCCCn1c(=O)c2c([nH]c3[n+]2C[C@@H](C)CN3c2ccc(CC)cc2)n(C)c1=O. The standard InChI is InChI=1S/C24H33N5O2/c1-5-7-8-9-14-27-22(30)20-21(26(4)24(27)31)25-23-28(15-17(3)16-29(20)23)19-12-10-18(6-2)11-13-19/h10-13,17H,5-9,14-16H2,1-4H3/p+1/t17-/m0/s1. The van der Waals surface area contributed by atoms with Crippen LogP contribution in [0.2, 0.25) is 0 Å². The molecule has 7 heteroatoms. The molecular formula is C24H34N5O2+. The third-order valence-corrected chi connectivity index (χ3v) is 6.42. The Balaban J connectivity index is 1.83. The van der Waals surface area contributed by atoms with Gasteiger partial charge in [-0.3, -0.25) is 13.9 Å². The van der Waals surface area contributed by atoms with Crippen molar-refractivity contribution in [2.75, 3.05) is 11.4 Å². The van der Waals surface area contributed by atoms with Gasteiger partial charge in [0.15, 0.2) is 0 Å². The lowest BCUT2D eigenvalue weighted by Crippen LogP contribution is -2.52. The van der Waals surface area contributed by atoms with E-state index in [0.717, 1.165) is 56.8 Å². The van der Waals surface area contributed by atoms with Gasteiger partial charge in [-0.1, -0.05) is 52.2 Å². The summed E-state index contributed by atoms with van der Waals surface area (Å²) in [7, 11) is 1.75. The van der Waals surface area contributed by atoms with E-state index in [1.165, 1.54) is 10.1 Å². The highest BCUT2D eigenvalue weighted by molar-refractivity contribution is 5.70. The third kappa shape index (κ3) is 3.82. The number of aryl methyl sites for hydroxylation is 2. The second-order valence-corrected chi connectivity index (χ2v) is 8.85. The fourth-order valence-electron chi connectivity index (χ4n) is 4.61. The van der Waals surface area contributed by atoms with Gasteiger partial charge in [-0.2, -0.15) is 0 Å². The number of fused-ring (bicyclic) bond motifs is 3. The Morgan fingerprint density at radius 2 is 1.84 bits per heavy atom. The number of hydrogen-bond acceptors (Lipinski definition) is 3. The number of nitrogens with zero attached hydrogens (tertiary/aromatic N) is 4. The highest BCUT2D eigenvalue weighted by atomic mass is 16.2. The molecule has 1 N–H and O–H groups in total. The summed E-state index contributed by atoms with van der Waals surface area (Å²) in [4.78, 5) is 32.0. The minimum absolute atomic E-state index is 0.188. The molecular weight excluding hydrogens is 390 g/mol. The Labute approximate surface area is 182 Å². The molecule has 31 heavy (non-hydrogen) atoms. The number of benzene rings is 1. The van der Waals surface area contributed by atoms with Crippen molar-refractivity contribution in [2.45, 2.75) is 66.0 Å². The van der Waals surface area contributed by atoms with Crippen LogP contribution in [0.3, 0.4) is 0 Å². The summed E-state index contributed by atoms with van der Waals surface area (Å²) >= 11 is 0. The molecule has 0 spiro atoms. The second-order valence-electron chi connectivity index (χ2n) is 8.85. The Hall–Kier alpha value is -2.83. The molecule has 0 amide bonds. The van der Waals surface area contributed by atoms with Crippen LogP contribution in [0.1, 0.15) is 52.0 Å². The van der Waals surface area contributed by atoms with E-state index in [9.17, 15) is 9.59 Å². The van der Waals surface area contributed by atoms with E-state index < -0.39 is 0 Å². The van der Waals surface area contributed by atoms with Gasteiger partial charge in [0.05, 0.1) is 13.1 Å². The summed E-state index contributed by atoms with van der Waals surface area (Å²) in [6.07, 6.45) is 5.12. The van der Waals surface area contributed by atoms with E-state index in [2.05, 4.69) is 59.5 Å². The monoisotopic (exact) mass is 424 g/mol. The Morgan fingerprint density at radius 3 is 2.52 bits per heavy atom. The van der Waals surface area contributed by atoms with Gasteiger partial charge in [-0.15, -0.1) is 0 Å². The van der Waals surface area contributed by atoms with Crippen molar-refractivity contribution >= 4 is 22.8 Å². The van der Waals surface area contributed by atoms with Crippen molar-refractivity contribution in [3.05, 3.63) is 50.7 Å². The van der Waals surface area contributed by atoms with Crippen LogP contribution >= 0.6 is 0 Å². The average Bonchev–Trinajstić information content (AvgIpc) is 3.16. The Bertz CT molecular complexity index is 1190. The first-order chi connectivity index (χ1) is 15.0. The minimum atomic E-state index is -0.250. The smallest absolute Gasteiger partial charge is 0.267 e. The first kappa shape index (κ1) is 21.4. The number of imidazole rings is 1. The van der Waals surface area contributed by atoms with E-state index in [4.69, 9.17) is 0 Å². The van der Waals surface area contributed by atoms with Crippen molar-refractivity contribution in [1.29, 1.82) is 0 Å². The topological polar surface area (TPSA) is 66.9 Å². The zero-order valence-corrected chi connectivity index (χ0v) is 19.1. The van der Waals surface area contributed by atoms with Crippen LogP contribution in [0.4, 0.5) is 11.6 Å². The van der Waals surface area contributed by atoms with Crippen molar-refractivity contribution in [3.8, 4) is 0 Å². The Kier molecular flexibility index (Phi) is 6.03. The molecule has 0 saturated heterocycles. The van der Waals surface area contributed by atoms with Crippen molar-refractivity contribution in [1.82, 2.24) is 14.1 Å². The van der Waals surface area contributed by atoms with E-state index in [-0.39, 0.29) is 11.2 Å². The maximum atomic E-state index is 13.4. The summed E-state index contributed by atoms with van der Waals surface area (Å²) in [5.74, 6) is 1.24. The molecule has 7 nitrogen and oxygen atoms in total. The summed E-state index contributed by atoms with van der Waals surface area (Å²) < 4.78 is 5.07. The maximum absolute atomic E-state index is 13.4. The first-order valence-electron chi connectivity index (χ1n) is 11.6. The zero-order chi connectivity index (χ0) is 22.1. The van der Waals surface area contributed by atoms with Gasteiger partial charge in [0.2, 0.25) is 11.2 Å². The molecule has 0 aliphatic carbocycles. The molecule has 1 atom stereocenters. The molecule has 1 aliphatic rings. The number of anilines is 2. The molecule has 0 saturated carbocycles. The number of unbranched alkanes of at least 4 members (excludes halogenated alkanes) is 3. The molecule has 0 radical (unpaired) electrons. The predicted molar refractivity (Wildman–Crippen MR) is 124 cm³/mol. The number of aromatic amines is 1. The van der Waals surface area contributed by atoms with Gasteiger partial charge in [0.1, 0.15) is 5.69 Å². The van der Waals surface area contributed by atoms with Crippen molar-refractivity contribution in [3.63, 3.8) is 0 Å². The van der Waals surface area contributed by atoms with Gasteiger partial charge in [-0.05, 0) is 30.5 Å². The van der Waals surface area contributed by atoms with Gasteiger partial charge in [0.25, 0.3) is 5.56 Å². The lowest BCUT2D eigenvalue weighted by atomic mass is 10.1. The number of H-pyrrole nitrogens is 1. The van der Waals surface area contributed by atoms with Crippen LogP contribution in [0.15, 0.2) is 33.9 Å². The van der Waals surface area contributed by atoms with Gasteiger partial charge in [0, 0.05) is 19.5 Å². The molecule has 0 bridgehead atoms. The normalized spacial score (nSPS) is 16.1. The molecule has 3 heterocycles. The second kappa shape index (κ2) is 8.73. The summed E-state index contributed by atoms with van der Waals surface area (Å²) in [6, 6.07) is 8.58. The van der Waals surface area contributed by atoms with E-state index in [1.807, 2.05) is 0 Å². The van der Waals surface area contributed by atoms with Crippen LogP contribution < -0.4 is 20.7 Å². The quantitative estimate of drug-likeness (QED) is 0.468. The third-order valence-electron chi connectivity index (χ3n) is 6.42. The average molecular weight is 425 g/mol. The summed E-state index contributed by atoms with van der Waals surface area (Å²) in [5, 5.41) is 0. The van der Waals surface area contributed by atoms with Crippen LogP contribution in [0.25, 0.3) is 11.2 Å². The largest absolute Gasteiger partial charge is 0.364 e. The molecule has 2 aromatic heterocycles. The molecule has 0 fully saturated rings. The fraction of sp³-hybridized carbons (Fsp3) is 0.542. The fourth-order valence-corrected chi connectivity index (χ4v) is 4.61. The number of nitrogens with one attached hydrogen (secondary N) is 1. The lowest BCUT2D eigenvalue weighted by molar-refractivity contribution is -0.669. The van der Waals surface area contributed by atoms with E-state index >= 15 is 0 Å². The highest BCUT2D eigenvalue weighted by Gasteiger charge is 2.35. The molecule has 1 aliphatic heterocycles. The Morgan fingerprint density at radius 1 is 1.10 bits per heavy atom.